The molecule has 0 bridgehead atoms. The minimum atomic E-state index is -1.15. The summed E-state index contributed by atoms with van der Waals surface area (Å²) in [5.74, 6) is -0.218. The Balaban J connectivity index is 1.33. The van der Waals surface area contributed by atoms with Crippen LogP contribution in [0.5, 0.6) is 0 Å². The van der Waals surface area contributed by atoms with E-state index in [9.17, 15) is 14.7 Å². The second kappa shape index (κ2) is 7.20. The largest absolute Gasteiger partial charge is 0.380 e. The van der Waals surface area contributed by atoms with E-state index in [2.05, 4.69) is 11.2 Å². The molecule has 1 aliphatic heterocycles. The Morgan fingerprint density at radius 2 is 1.65 bits per heavy atom. The van der Waals surface area contributed by atoms with Crippen molar-refractivity contribution in [1.82, 2.24) is 19.6 Å². The molecule has 2 aromatic carbocycles. The highest BCUT2D eigenvalue weighted by Gasteiger charge is 2.50. The van der Waals surface area contributed by atoms with Crippen LogP contribution in [0.1, 0.15) is 34.5 Å². The molecule has 0 unspecified atom stereocenters. The summed E-state index contributed by atoms with van der Waals surface area (Å²) in [6, 6.07) is 13.9. The summed E-state index contributed by atoms with van der Waals surface area (Å²) >= 11 is 0. The van der Waals surface area contributed by atoms with Crippen LogP contribution in [0, 0.1) is 13.8 Å². The Hall–Kier alpha value is -3.19. The number of amides is 2. The SMILES string of the molecule is Cc1cc(-n2nc(C)c3ccccc32)ccc1C(=O)N1CCN(C(=O)C2(O)CC2)CC1. The fourth-order valence-corrected chi connectivity index (χ4v) is 4.35. The number of carbonyl (C=O) groups excluding carboxylic acids is 2. The number of fused-ring (bicyclic) bond motifs is 1. The van der Waals surface area contributed by atoms with E-state index in [4.69, 9.17) is 0 Å². The summed E-state index contributed by atoms with van der Waals surface area (Å²) in [6.07, 6.45) is 1.09. The van der Waals surface area contributed by atoms with Crippen molar-refractivity contribution in [3.63, 3.8) is 0 Å². The van der Waals surface area contributed by atoms with Gasteiger partial charge in [-0.2, -0.15) is 5.10 Å². The Labute approximate surface area is 180 Å². The van der Waals surface area contributed by atoms with Crippen LogP contribution in [0.25, 0.3) is 16.6 Å². The molecule has 2 fully saturated rings. The van der Waals surface area contributed by atoms with Gasteiger partial charge in [0.05, 0.1) is 16.9 Å². The number of hydrogen-bond acceptors (Lipinski definition) is 4. The molecule has 2 aliphatic rings. The van der Waals surface area contributed by atoms with E-state index in [1.54, 1.807) is 9.80 Å². The molecule has 1 saturated heterocycles. The molecule has 7 heteroatoms. The second-order valence-electron chi connectivity index (χ2n) is 8.63. The zero-order valence-electron chi connectivity index (χ0n) is 17.8. The molecule has 1 N–H and O–H groups in total. The zero-order chi connectivity index (χ0) is 21.8. The summed E-state index contributed by atoms with van der Waals surface area (Å²) in [5.41, 5.74) is 3.34. The molecule has 2 amide bonds. The van der Waals surface area contributed by atoms with Gasteiger partial charge in [-0.3, -0.25) is 9.59 Å². The molecule has 5 rings (SSSR count). The Bertz CT molecular complexity index is 1190. The standard InChI is InChI=1S/C24H26N4O3/c1-16-15-18(28-21-6-4-3-5-20(21)17(2)25-28)7-8-19(16)22(29)26-11-13-27(14-12-26)23(30)24(31)9-10-24/h3-8,15,31H,9-14H2,1-2H3. The first-order chi connectivity index (χ1) is 14.9. The number of hydrogen-bond donors (Lipinski definition) is 1. The van der Waals surface area contributed by atoms with Crippen molar-refractivity contribution >= 4 is 22.7 Å². The number of aromatic nitrogens is 2. The summed E-state index contributed by atoms with van der Waals surface area (Å²) in [6.45, 7) is 5.81. The van der Waals surface area contributed by atoms with Gasteiger partial charge in [0.2, 0.25) is 0 Å². The number of para-hydroxylation sites is 1. The van der Waals surface area contributed by atoms with E-state index in [-0.39, 0.29) is 11.8 Å². The maximum atomic E-state index is 13.1. The van der Waals surface area contributed by atoms with Crippen molar-refractivity contribution in [2.75, 3.05) is 26.2 Å². The van der Waals surface area contributed by atoms with E-state index in [1.165, 1.54) is 0 Å². The maximum absolute atomic E-state index is 13.1. The molecule has 1 aliphatic carbocycles. The first-order valence-corrected chi connectivity index (χ1v) is 10.7. The van der Waals surface area contributed by atoms with Crippen LogP contribution >= 0.6 is 0 Å². The normalized spacial score (nSPS) is 17.8. The zero-order valence-corrected chi connectivity index (χ0v) is 17.8. The number of aliphatic hydroxyl groups is 1. The van der Waals surface area contributed by atoms with Gasteiger partial charge in [0.25, 0.3) is 11.8 Å². The topological polar surface area (TPSA) is 78.7 Å². The van der Waals surface area contributed by atoms with Crippen molar-refractivity contribution in [3.8, 4) is 5.69 Å². The minimum absolute atomic E-state index is 0.0252. The molecule has 3 aromatic rings. The Kier molecular flexibility index (Phi) is 4.59. The first-order valence-electron chi connectivity index (χ1n) is 10.7. The van der Waals surface area contributed by atoms with Crippen LogP contribution < -0.4 is 0 Å². The third-order valence-electron chi connectivity index (χ3n) is 6.43. The third kappa shape index (κ3) is 3.39. The first kappa shape index (κ1) is 19.8. The average molecular weight is 418 g/mol. The van der Waals surface area contributed by atoms with E-state index >= 15 is 0 Å². The van der Waals surface area contributed by atoms with Gasteiger partial charge >= 0.3 is 0 Å². The van der Waals surface area contributed by atoms with Crippen LogP contribution in [-0.4, -0.2) is 68.3 Å². The number of aryl methyl sites for hydroxylation is 2. The van der Waals surface area contributed by atoms with E-state index in [0.29, 0.717) is 44.6 Å². The molecule has 31 heavy (non-hydrogen) atoms. The van der Waals surface area contributed by atoms with Crippen LogP contribution in [0.15, 0.2) is 42.5 Å². The summed E-state index contributed by atoms with van der Waals surface area (Å²) < 4.78 is 1.92. The minimum Gasteiger partial charge on any atom is -0.380 e. The van der Waals surface area contributed by atoms with E-state index < -0.39 is 5.60 Å². The van der Waals surface area contributed by atoms with Gasteiger partial charge in [-0.25, -0.2) is 4.68 Å². The fourth-order valence-electron chi connectivity index (χ4n) is 4.35. The van der Waals surface area contributed by atoms with Crippen LogP contribution in [0.3, 0.4) is 0 Å². The highest BCUT2D eigenvalue weighted by Crippen LogP contribution is 2.37. The van der Waals surface area contributed by atoms with Gasteiger partial charge in [-0.05, 0) is 56.5 Å². The average Bonchev–Trinajstić information content (AvgIpc) is 3.46. The van der Waals surface area contributed by atoms with Crippen molar-refractivity contribution in [2.24, 2.45) is 0 Å². The molecule has 160 valence electrons. The van der Waals surface area contributed by atoms with Crippen molar-refractivity contribution in [3.05, 3.63) is 59.3 Å². The lowest BCUT2D eigenvalue weighted by Crippen LogP contribution is -2.53. The fraction of sp³-hybridized carbons (Fsp3) is 0.375. The predicted molar refractivity (Wildman–Crippen MR) is 117 cm³/mol. The van der Waals surface area contributed by atoms with Crippen molar-refractivity contribution in [1.29, 1.82) is 0 Å². The molecule has 0 spiro atoms. The van der Waals surface area contributed by atoms with Gasteiger partial charge in [0.15, 0.2) is 0 Å². The summed E-state index contributed by atoms with van der Waals surface area (Å²) in [5, 5.41) is 15.8. The maximum Gasteiger partial charge on any atom is 0.254 e. The lowest BCUT2D eigenvalue weighted by Gasteiger charge is -2.36. The van der Waals surface area contributed by atoms with Gasteiger partial charge in [-0.15, -0.1) is 0 Å². The molecular formula is C24H26N4O3. The number of rotatable bonds is 3. The Morgan fingerprint density at radius 1 is 0.968 bits per heavy atom. The van der Waals surface area contributed by atoms with Gasteiger partial charge < -0.3 is 14.9 Å². The number of benzene rings is 2. The van der Waals surface area contributed by atoms with Crippen LogP contribution in [0.4, 0.5) is 0 Å². The molecule has 0 radical (unpaired) electrons. The third-order valence-corrected chi connectivity index (χ3v) is 6.43. The van der Waals surface area contributed by atoms with E-state index in [1.807, 2.05) is 54.9 Å². The number of nitrogens with zero attached hydrogens (tertiary/aromatic N) is 4. The predicted octanol–water partition coefficient (Wildman–Crippen LogP) is 2.45. The lowest BCUT2D eigenvalue weighted by atomic mass is 10.1. The Morgan fingerprint density at radius 3 is 2.32 bits per heavy atom. The molecule has 1 aromatic heterocycles. The van der Waals surface area contributed by atoms with Crippen LogP contribution in [-0.2, 0) is 4.79 Å². The second-order valence-corrected chi connectivity index (χ2v) is 8.63. The van der Waals surface area contributed by atoms with Gasteiger partial charge in [-0.1, -0.05) is 18.2 Å². The molecule has 2 heterocycles. The monoisotopic (exact) mass is 418 g/mol. The van der Waals surface area contributed by atoms with Gasteiger partial charge in [0, 0.05) is 37.1 Å². The lowest BCUT2D eigenvalue weighted by molar-refractivity contribution is -0.143. The van der Waals surface area contributed by atoms with Crippen molar-refractivity contribution < 1.29 is 14.7 Å². The molecule has 7 nitrogen and oxygen atoms in total. The number of piperazine rings is 1. The highest BCUT2D eigenvalue weighted by molar-refractivity contribution is 5.96. The van der Waals surface area contributed by atoms with Gasteiger partial charge in [0.1, 0.15) is 5.60 Å². The van der Waals surface area contributed by atoms with Crippen LogP contribution in [0.2, 0.25) is 0 Å². The highest BCUT2D eigenvalue weighted by atomic mass is 16.3. The van der Waals surface area contributed by atoms with E-state index in [0.717, 1.165) is 27.8 Å². The molecule has 0 atom stereocenters. The quantitative estimate of drug-likeness (QED) is 0.709. The molecule has 1 saturated carbocycles. The number of carbonyl (C=O) groups is 2. The smallest absolute Gasteiger partial charge is 0.254 e. The summed E-state index contributed by atoms with van der Waals surface area (Å²) in [7, 11) is 0. The summed E-state index contributed by atoms with van der Waals surface area (Å²) in [4.78, 5) is 28.9. The molecular weight excluding hydrogens is 392 g/mol. The van der Waals surface area contributed by atoms with Crippen molar-refractivity contribution in [2.45, 2.75) is 32.3 Å².